The summed E-state index contributed by atoms with van der Waals surface area (Å²) in [6.45, 7) is 4.77. The number of carboxylic acid groups (broad SMARTS) is 1. The summed E-state index contributed by atoms with van der Waals surface area (Å²) in [7, 11) is 1.65. The molecule has 2 aromatic rings. The third kappa shape index (κ3) is 3.61. The van der Waals surface area contributed by atoms with Crippen LogP contribution >= 0.6 is 0 Å². The van der Waals surface area contributed by atoms with E-state index in [1.165, 1.54) is 0 Å². The Bertz CT molecular complexity index is 652. The molecule has 0 unspecified atom stereocenters. The summed E-state index contributed by atoms with van der Waals surface area (Å²) in [6, 6.07) is 11.9. The Balaban J connectivity index is 2.37. The quantitative estimate of drug-likeness (QED) is 0.795. The van der Waals surface area contributed by atoms with Crippen molar-refractivity contribution in [3.63, 3.8) is 0 Å². The lowest BCUT2D eigenvalue weighted by atomic mass is 10.0. The first-order valence-corrected chi connectivity index (χ1v) is 6.75. The Morgan fingerprint density at radius 3 is 2.62 bits per heavy atom. The summed E-state index contributed by atoms with van der Waals surface area (Å²) in [5, 5.41) is 11.1. The lowest BCUT2D eigenvalue weighted by Crippen LogP contribution is -2.29. The molecule has 0 spiro atoms. The number of hydrogen-bond acceptors (Lipinski definition) is 3. The number of carbonyl (C=O) groups is 1. The number of nitrogens with zero attached hydrogens (tertiary/aromatic N) is 1. The third-order valence-electron chi connectivity index (χ3n) is 3.33. The van der Waals surface area contributed by atoms with E-state index in [0.29, 0.717) is 13.1 Å². The van der Waals surface area contributed by atoms with Gasteiger partial charge in [-0.05, 0) is 17.0 Å². The molecule has 2 rings (SSSR count). The summed E-state index contributed by atoms with van der Waals surface area (Å²) in [5.41, 5.74) is 1.08. The number of methoxy groups -OCH3 is 1. The predicted molar refractivity (Wildman–Crippen MR) is 83.6 cm³/mol. The Labute approximate surface area is 124 Å². The van der Waals surface area contributed by atoms with E-state index in [9.17, 15) is 4.79 Å². The van der Waals surface area contributed by atoms with Gasteiger partial charge in [-0.3, -0.25) is 9.69 Å². The molecule has 0 aliphatic rings. The smallest absolute Gasteiger partial charge is 0.317 e. The zero-order valence-electron chi connectivity index (χ0n) is 12.1. The van der Waals surface area contributed by atoms with E-state index in [4.69, 9.17) is 9.84 Å². The van der Waals surface area contributed by atoms with Crippen molar-refractivity contribution in [2.75, 3.05) is 20.2 Å². The highest BCUT2D eigenvalue weighted by molar-refractivity contribution is 5.91. The first-order valence-electron chi connectivity index (χ1n) is 6.75. The van der Waals surface area contributed by atoms with Gasteiger partial charge in [0.05, 0.1) is 13.7 Å². The summed E-state index contributed by atoms with van der Waals surface area (Å²) in [6.07, 6.45) is 1.72. The molecule has 0 bridgehead atoms. The maximum atomic E-state index is 10.9. The van der Waals surface area contributed by atoms with Crippen LogP contribution in [0.1, 0.15) is 5.56 Å². The number of benzene rings is 2. The molecular formula is C17H19NO3. The van der Waals surface area contributed by atoms with Crippen LogP contribution in [0, 0.1) is 0 Å². The Morgan fingerprint density at radius 1 is 1.29 bits per heavy atom. The van der Waals surface area contributed by atoms with Crippen molar-refractivity contribution in [2.45, 2.75) is 6.54 Å². The fourth-order valence-electron chi connectivity index (χ4n) is 2.45. The number of fused-ring (bicyclic) bond motifs is 1. The van der Waals surface area contributed by atoms with Gasteiger partial charge in [-0.25, -0.2) is 0 Å². The largest absolute Gasteiger partial charge is 0.496 e. The average molecular weight is 285 g/mol. The molecule has 4 heteroatoms. The van der Waals surface area contributed by atoms with Crippen LogP contribution in [0.4, 0.5) is 0 Å². The fourth-order valence-corrected chi connectivity index (χ4v) is 2.45. The van der Waals surface area contributed by atoms with E-state index in [2.05, 4.69) is 6.58 Å². The molecular weight excluding hydrogens is 266 g/mol. The van der Waals surface area contributed by atoms with Crippen LogP contribution in [-0.4, -0.2) is 36.2 Å². The van der Waals surface area contributed by atoms with E-state index in [1.54, 1.807) is 13.2 Å². The van der Waals surface area contributed by atoms with Crippen LogP contribution in [0.2, 0.25) is 0 Å². The van der Waals surface area contributed by atoms with Gasteiger partial charge in [-0.2, -0.15) is 0 Å². The first kappa shape index (κ1) is 15.1. The highest BCUT2D eigenvalue weighted by atomic mass is 16.5. The van der Waals surface area contributed by atoms with Crippen LogP contribution in [-0.2, 0) is 11.3 Å². The zero-order chi connectivity index (χ0) is 15.2. The van der Waals surface area contributed by atoms with Gasteiger partial charge in [0.25, 0.3) is 0 Å². The molecule has 0 saturated heterocycles. The Morgan fingerprint density at radius 2 is 2.00 bits per heavy atom. The van der Waals surface area contributed by atoms with Crippen LogP contribution < -0.4 is 4.74 Å². The lowest BCUT2D eigenvalue weighted by molar-refractivity contribution is -0.138. The van der Waals surface area contributed by atoms with Gasteiger partial charge in [0.1, 0.15) is 5.75 Å². The molecule has 0 amide bonds. The van der Waals surface area contributed by atoms with Gasteiger partial charge in [0.2, 0.25) is 0 Å². The first-order chi connectivity index (χ1) is 10.2. The average Bonchev–Trinajstić information content (AvgIpc) is 2.47. The van der Waals surface area contributed by atoms with E-state index in [-0.39, 0.29) is 6.54 Å². The topological polar surface area (TPSA) is 49.8 Å². The minimum atomic E-state index is -0.838. The van der Waals surface area contributed by atoms with Gasteiger partial charge in [0, 0.05) is 18.5 Å². The molecule has 0 aliphatic carbocycles. The maximum Gasteiger partial charge on any atom is 0.317 e. The van der Waals surface area contributed by atoms with Crippen LogP contribution in [0.5, 0.6) is 5.75 Å². The molecule has 0 heterocycles. The second kappa shape index (κ2) is 6.90. The van der Waals surface area contributed by atoms with Crippen molar-refractivity contribution < 1.29 is 14.6 Å². The summed E-state index contributed by atoms with van der Waals surface area (Å²) >= 11 is 0. The molecule has 0 saturated carbocycles. The van der Waals surface area contributed by atoms with Crippen molar-refractivity contribution in [1.82, 2.24) is 4.90 Å². The Kier molecular flexibility index (Phi) is 4.95. The predicted octanol–water partition coefficient (Wildman–Crippen LogP) is 2.92. The zero-order valence-corrected chi connectivity index (χ0v) is 12.1. The van der Waals surface area contributed by atoms with Gasteiger partial charge >= 0.3 is 5.97 Å². The lowest BCUT2D eigenvalue weighted by Gasteiger charge is -2.20. The summed E-state index contributed by atoms with van der Waals surface area (Å²) < 4.78 is 5.38. The molecule has 0 fully saturated rings. The van der Waals surface area contributed by atoms with Gasteiger partial charge in [0.15, 0.2) is 0 Å². The molecule has 110 valence electrons. The number of rotatable bonds is 7. The third-order valence-corrected chi connectivity index (χ3v) is 3.33. The molecule has 0 atom stereocenters. The SMILES string of the molecule is C=CCN(CC(=O)O)Cc1ccc(OC)c2ccccc12. The number of ether oxygens (including phenoxy) is 1. The van der Waals surface area contributed by atoms with Crippen LogP contribution in [0.15, 0.2) is 49.1 Å². The molecule has 21 heavy (non-hydrogen) atoms. The van der Waals surface area contributed by atoms with Crippen LogP contribution in [0.3, 0.4) is 0 Å². The maximum absolute atomic E-state index is 10.9. The van der Waals surface area contributed by atoms with Crippen LogP contribution in [0.25, 0.3) is 10.8 Å². The van der Waals surface area contributed by atoms with E-state index >= 15 is 0 Å². The molecule has 4 nitrogen and oxygen atoms in total. The van der Waals surface area contributed by atoms with E-state index < -0.39 is 5.97 Å². The normalized spacial score (nSPS) is 10.8. The fraction of sp³-hybridized carbons (Fsp3) is 0.235. The Hall–Kier alpha value is -2.33. The molecule has 1 N–H and O–H groups in total. The van der Waals surface area contributed by atoms with Crippen molar-refractivity contribution in [3.8, 4) is 5.75 Å². The molecule has 2 aromatic carbocycles. The minimum Gasteiger partial charge on any atom is -0.496 e. The second-order valence-electron chi connectivity index (χ2n) is 4.82. The van der Waals surface area contributed by atoms with Gasteiger partial charge in [-0.1, -0.05) is 36.4 Å². The highest BCUT2D eigenvalue weighted by Gasteiger charge is 2.12. The molecule has 0 aliphatic heterocycles. The van der Waals surface area contributed by atoms with Gasteiger partial charge in [-0.15, -0.1) is 6.58 Å². The number of carboxylic acids is 1. The van der Waals surface area contributed by atoms with Gasteiger partial charge < -0.3 is 9.84 Å². The second-order valence-corrected chi connectivity index (χ2v) is 4.82. The van der Waals surface area contributed by atoms with Crippen molar-refractivity contribution in [2.24, 2.45) is 0 Å². The minimum absolute atomic E-state index is 0.00756. The van der Waals surface area contributed by atoms with E-state index in [1.807, 2.05) is 41.3 Å². The molecule has 0 aromatic heterocycles. The van der Waals surface area contributed by atoms with Crippen molar-refractivity contribution >= 4 is 16.7 Å². The van der Waals surface area contributed by atoms with Crippen molar-refractivity contribution in [3.05, 3.63) is 54.6 Å². The van der Waals surface area contributed by atoms with E-state index in [0.717, 1.165) is 22.1 Å². The van der Waals surface area contributed by atoms with Crippen molar-refractivity contribution in [1.29, 1.82) is 0 Å². The standard InChI is InChI=1S/C17H19NO3/c1-3-10-18(12-17(19)20)11-13-8-9-16(21-2)15-7-5-4-6-14(13)15/h3-9H,1,10-12H2,2H3,(H,19,20). The monoisotopic (exact) mass is 285 g/mol. The summed E-state index contributed by atoms with van der Waals surface area (Å²) in [4.78, 5) is 12.8. The number of aliphatic carboxylic acids is 1. The summed E-state index contributed by atoms with van der Waals surface area (Å²) in [5.74, 6) is -0.0162. The molecule has 0 radical (unpaired) electrons. The highest BCUT2D eigenvalue weighted by Crippen LogP contribution is 2.28. The number of hydrogen-bond donors (Lipinski definition) is 1.